The molecule has 1 aliphatic rings. The maximum atomic E-state index is 13.7. The fourth-order valence-corrected chi connectivity index (χ4v) is 4.80. The van der Waals surface area contributed by atoms with Gasteiger partial charge in [0.05, 0.1) is 15.7 Å². The number of hydrogen-bond acceptors (Lipinski definition) is 2. The van der Waals surface area contributed by atoms with Crippen LogP contribution in [0.15, 0.2) is 54.7 Å². The van der Waals surface area contributed by atoms with Crippen molar-refractivity contribution in [1.29, 1.82) is 0 Å². The van der Waals surface area contributed by atoms with E-state index in [1.165, 1.54) is 0 Å². The molecule has 0 fully saturated rings. The van der Waals surface area contributed by atoms with Gasteiger partial charge in [-0.3, -0.25) is 4.79 Å². The van der Waals surface area contributed by atoms with Crippen LogP contribution in [0.3, 0.4) is 0 Å². The van der Waals surface area contributed by atoms with Gasteiger partial charge in [-0.1, -0.05) is 36.4 Å². The second-order valence-electron chi connectivity index (χ2n) is 8.29. The second-order valence-corrected chi connectivity index (χ2v) is 10.3. The number of fused-ring (bicyclic) bond motifs is 2. The molecule has 2 atom stereocenters. The molecule has 6 heteroatoms. The van der Waals surface area contributed by atoms with Crippen molar-refractivity contribution in [3.05, 3.63) is 65.9 Å². The topological polar surface area (TPSA) is 54.3 Å². The number of likely N-dealkylation sites (N-methyl/N-ethyl adjacent to an activating group) is 1. The van der Waals surface area contributed by atoms with Crippen LogP contribution in [0.1, 0.15) is 31.9 Å². The molecule has 1 amide bonds. The van der Waals surface area contributed by atoms with Gasteiger partial charge in [0.25, 0.3) is 5.91 Å². The van der Waals surface area contributed by atoms with Crippen LogP contribution in [0.2, 0.25) is 0 Å². The number of benzene rings is 2. The van der Waals surface area contributed by atoms with E-state index in [1.807, 2.05) is 87.1 Å². The molecule has 1 unspecified atom stereocenters. The van der Waals surface area contributed by atoms with Gasteiger partial charge < -0.3 is 9.47 Å². The number of carbonyl (C=O) groups is 1. The zero-order chi connectivity index (χ0) is 20.3. The first-order valence-corrected chi connectivity index (χ1v) is 10.4. The highest BCUT2D eigenvalue weighted by Gasteiger charge is 2.54. The van der Waals surface area contributed by atoms with Crippen molar-refractivity contribution in [2.45, 2.75) is 31.1 Å². The normalized spacial score (nSPS) is 20.6. The Balaban J connectivity index is 2.07. The Labute approximate surface area is 167 Å². The first kappa shape index (κ1) is 18.9. The Morgan fingerprint density at radius 2 is 1.61 bits per heavy atom. The predicted octanol–water partition coefficient (Wildman–Crippen LogP) is 3.45. The molecule has 28 heavy (non-hydrogen) atoms. The quantitative estimate of drug-likeness (QED) is 0.739. The smallest absolute Gasteiger partial charge is 0.257 e. The molecule has 0 bridgehead atoms. The third kappa shape index (κ3) is 2.55. The second kappa shape index (κ2) is 6.29. The van der Waals surface area contributed by atoms with Gasteiger partial charge in [0.2, 0.25) is 0 Å². The molecular weight excluding hydrogens is 370 g/mol. The maximum Gasteiger partial charge on any atom is 0.257 e. The fourth-order valence-electron chi connectivity index (χ4n) is 3.91. The van der Waals surface area contributed by atoms with Gasteiger partial charge in [0.1, 0.15) is 0 Å². The van der Waals surface area contributed by atoms with Crippen molar-refractivity contribution >= 4 is 33.5 Å². The van der Waals surface area contributed by atoms with Gasteiger partial charge in [-0.15, -0.1) is 0 Å². The lowest BCUT2D eigenvalue weighted by Gasteiger charge is -2.32. The number of nitrogens with zero attached hydrogens (tertiary/aromatic N) is 2. The minimum absolute atomic E-state index is 0.123. The van der Waals surface area contributed by atoms with E-state index in [-0.39, 0.29) is 5.91 Å². The fraction of sp³-hybridized carbons (Fsp3) is 0.318. The summed E-state index contributed by atoms with van der Waals surface area (Å²) in [6.45, 7) is 5.71. The summed E-state index contributed by atoms with van der Waals surface area (Å²) in [7, 11) is 2.29. The number of aromatic nitrogens is 1. The Hall–Kier alpha value is -2.44. The van der Waals surface area contributed by atoms with Gasteiger partial charge >= 0.3 is 0 Å². The van der Waals surface area contributed by atoms with Crippen LogP contribution >= 0.6 is 0 Å². The van der Waals surface area contributed by atoms with E-state index in [4.69, 9.17) is 0 Å². The molecule has 0 saturated carbocycles. The van der Waals surface area contributed by atoms with E-state index in [1.54, 1.807) is 11.9 Å². The van der Waals surface area contributed by atoms with Crippen LogP contribution in [-0.2, 0) is 28.4 Å². The van der Waals surface area contributed by atoms with Crippen molar-refractivity contribution in [2.75, 3.05) is 11.9 Å². The first-order chi connectivity index (χ1) is 13.2. The van der Waals surface area contributed by atoms with Crippen LogP contribution in [-0.4, -0.2) is 26.5 Å². The Kier molecular flexibility index (Phi) is 4.25. The molecule has 5 nitrogen and oxygen atoms in total. The van der Waals surface area contributed by atoms with E-state index in [0.29, 0.717) is 0 Å². The highest BCUT2D eigenvalue weighted by atomic mass is 32.2. The summed E-state index contributed by atoms with van der Waals surface area (Å²) in [4.78, 5) is 15.4. The van der Waals surface area contributed by atoms with Crippen LogP contribution < -0.4 is 9.62 Å². The minimum Gasteiger partial charge on any atom is -0.350 e. The largest absolute Gasteiger partial charge is 0.350 e. The molecule has 3 aromatic rings. The van der Waals surface area contributed by atoms with E-state index in [0.717, 1.165) is 27.7 Å². The number of carbonyl (C=O) groups excluding carboxylic acids is 1. The standard InChI is InChI=1S/C22H25N3O2S/c1-21(2,3)28(27)23-22(16-11-7-9-13-19(16)25(5)20(22)26)17-14-24(4)18-12-8-6-10-15(17)18/h6-14,23H,1-5H3/t22-,28?/m1/s1. The van der Waals surface area contributed by atoms with E-state index in [9.17, 15) is 9.00 Å². The van der Waals surface area contributed by atoms with E-state index < -0.39 is 21.3 Å². The lowest BCUT2D eigenvalue weighted by atomic mass is 9.84. The van der Waals surface area contributed by atoms with Gasteiger partial charge in [-0.05, 0) is 32.9 Å². The monoisotopic (exact) mass is 395 g/mol. The summed E-state index contributed by atoms with van der Waals surface area (Å²) in [5.74, 6) is -0.123. The molecule has 0 radical (unpaired) electrons. The van der Waals surface area contributed by atoms with Gasteiger partial charge in [-0.2, -0.15) is 0 Å². The van der Waals surface area contributed by atoms with E-state index in [2.05, 4.69) is 4.72 Å². The molecule has 1 aliphatic heterocycles. The van der Waals surface area contributed by atoms with Crippen LogP contribution in [0.5, 0.6) is 0 Å². The SMILES string of the molecule is CN1C(=O)[C@](NS(=O)C(C)(C)C)(c2cn(C)c3ccccc23)c2ccccc21. The van der Waals surface area contributed by atoms with Crippen molar-refractivity contribution in [1.82, 2.24) is 9.29 Å². The number of para-hydroxylation sites is 2. The van der Waals surface area contributed by atoms with Gasteiger partial charge in [-0.25, -0.2) is 8.93 Å². The molecule has 0 spiro atoms. The summed E-state index contributed by atoms with van der Waals surface area (Å²) in [5, 5.41) is 0.974. The zero-order valence-corrected chi connectivity index (χ0v) is 17.6. The van der Waals surface area contributed by atoms with Gasteiger partial charge in [0, 0.05) is 48.0 Å². The van der Waals surface area contributed by atoms with Gasteiger partial charge in [0.15, 0.2) is 5.54 Å². The first-order valence-electron chi connectivity index (χ1n) is 9.30. The van der Waals surface area contributed by atoms with E-state index >= 15 is 0 Å². The highest BCUT2D eigenvalue weighted by molar-refractivity contribution is 7.84. The number of anilines is 1. The average molecular weight is 396 g/mol. The third-order valence-corrected chi connectivity index (χ3v) is 7.00. The zero-order valence-electron chi connectivity index (χ0n) is 16.8. The third-order valence-electron chi connectivity index (χ3n) is 5.40. The van der Waals surface area contributed by atoms with Crippen LogP contribution in [0.25, 0.3) is 10.9 Å². The lowest BCUT2D eigenvalue weighted by Crippen LogP contribution is -2.54. The average Bonchev–Trinajstić information content (AvgIpc) is 3.11. The number of aryl methyl sites for hydroxylation is 1. The number of amides is 1. The molecule has 1 aromatic heterocycles. The summed E-state index contributed by atoms with van der Waals surface area (Å²) in [6.07, 6.45) is 1.98. The molecule has 2 heterocycles. The Morgan fingerprint density at radius 1 is 0.964 bits per heavy atom. The summed E-state index contributed by atoms with van der Waals surface area (Å²) in [6, 6.07) is 15.7. The summed E-state index contributed by atoms with van der Waals surface area (Å²) in [5.41, 5.74) is 2.31. The molecule has 0 aliphatic carbocycles. The van der Waals surface area contributed by atoms with Crippen molar-refractivity contribution in [2.24, 2.45) is 7.05 Å². The van der Waals surface area contributed by atoms with Crippen LogP contribution in [0, 0.1) is 0 Å². The molecular formula is C22H25N3O2S. The van der Waals surface area contributed by atoms with Crippen molar-refractivity contribution in [3.63, 3.8) is 0 Å². The molecule has 1 N–H and O–H groups in total. The summed E-state index contributed by atoms with van der Waals surface area (Å²) >= 11 is 0. The molecule has 2 aromatic carbocycles. The molecule has 4 rings (SSSR count). The molecule has 146 valence electrons. The molecule has 0 saturated heterocycles. The number of hydrogen-bond donors (Lipinski definition) is 1. The minimum atomic E-state index is -1.45. The van der Waals surface area contributed by atoms with Crippen LogP contribution in [0.4, 0.5) is 5.69 Å². The Morgan fingerprint density at radius 3 is 2.32 bits per heavy atom. The maximum absolute atomic E-state index is 13.7. The Bertz CT molecular complexity index is 1110. The lowest BCUT2D eigenvalue weighted by molar-refractivity contribution is -0.121. The number of rotatable bonds is 3. The van der Waals surface area contributed by atoms with Crippen molar-refractivity contribution < 1.29 is 9.00 Å². The number of nitrogens with one attached hydrogen (secondary N) is 1. The van der Waals surface area contributed by atoms with Crippen molar-refractivity contribution in [3.8, 4) is 0 Å². The predicted molar refractivity (Wildman–Crippen MR) is 115 cm³/mol. The highest BCUT2D eigenvalue weighted by Crippen LogP contribution is 2.46. The summed E-state index contributed by atoms with van der Waals surface area (Å²) < 4.78 is 18.0.